The van der Waals surface area contributed by atoms with Crippen LogP contribution in [-0.4, -0.2) is 72.8 Å². The lowest BCUT2D eigenvalue weighted by molar-refractivity contribution is -0.128. The van der Waals surface area contributed by atoms with Crippen LogP contribution >= 0.6 is 0 Å². The Morgan fingerprint density at radius 2 is 1.94 bits per heavy atom. The van der Waals surface area contributed by atoms with Gasteiger partial charge in [0, 0.05) is 37.8 Å². The first-order valence-corrected chi connectivity index (χ1v) is 11.1. The van der Waals surface area contributed by atoms with Crippen molar-refractivity contribution in [2.24, 2.45) is 0 Å². The second kappa shape index (κ2) is 10.4. The van der Waals surface area contributed by atoms with Crippen molar-refractivity contribution >= 4 is 12.0 Å². The van der Waals surface area contributed by atoms with Crippen molar-refractivity contribution < 1.29 is 23.5 Å². The summed E-state index contributed by atoms with van der Waals surface area (Å²) < 4.78 is 25.4. The van der Waals surface area contributed by atoms with Gasteiger partial charge in [0.15, 0.2) is 0 Å². The van der Waals surface area contributed by atoms with Crippen molar-refractivity contribution in [3.8, 4) is 0 Å². The smallest absolute Gasteiger partial charge is 0.410 e. The van der Waals surface area contributed by atoms with Crippen LogP contribution in [-0.2, 0) is 14.3 Å². The first kappa shape index (κ1) is 23.5. The lowest BCUT2D eigenvalue weighted by Crippen LogP contribution is -2.47. The first-order chi connectivity index (χ1) is 14.8. The molecule has 1 aromatic carbocycles. The molecule has 2 atom stereocenters. The Kier molecular flexibility index (Phi) is 7.89. The molecule has 7 nitrogen and oxygen atoms in total. The number of hydrogen-bond donors (Lipinski definition) is 1. The SMILES string of the molecule is CC(C)(C)OC(=O)N1CCC[C@@H]1CCNC(=O)[C@H](c1ccccc1F)N1CCOCC1. The lowest BCUT2D eigenvalue weighted by Gasteiger charge is -2.34. The van der Waals surface area contributed by atoms with E-state index in [0.717, 1.165) is 12.8 Å². The Labute approximate surface area is 183 Å². The molecule has 31 heavy (non-hydrogen) atoms. The number of amides is 2. The average molecular weight is 436 g/mol. The molecule has 2 fully saturated rings. The number of rotatable bonds is 6. The van der Waals surface area contributed by atoms with Gasteiger partial charge in [-0.2, -0.15) is 0 Å². The molecule has 0 spiro atoms. The second-order valence-electron chi connectivity index (χ2n) is 9.12. The molecule has 1 aromatic rings. The highest BCUT2D eigenvalue weighted by molar-refractivity contribution is 5.83. The fourth-order valence-electron chi connectivity index (χ4n) is 4.19. The Bertz CT molecular complexity index is 761. The predicted molar refractivity (Wildman–Crippen MR) is 115 cm³/mol. The Morgan fingerprint density at radius 3 is 2.61 bits per heavy atom. The van der Waals surface area contributed by atoms with Gasteiger partial charge in [0.25, 0.3) is 0 Å². The van der Waals surface area contributed by atoms with Crippen molar-refractivity contribution in [1.82, 2.24) is 15.1 Å². The van der Waals surface area contributed by atoms with E-state index in [1.165, 1.54) is 6.07 Å². The highest BCUT2D eigenvalue weighted by atomic mass is 19.1. The van der Waals surface area contributed by atoms with Crippen LogP contribution in [0.5, 0.6) is 0 Å². The van der Waals surface area contributed by atoms with Gasteiger partial charge in [-0.3, -0.25) is 9.69 Å². The van der Waals surface area contributed by atoms with E-state index in [2.05, 4.69) is 5.32 Å². The summed E-state index contributed by atoms with van der Waals surface area (Å²) in [5, 5.41) is 2.97. The maximum absolute atomic E-state index is 14.5. The van der Waals surface area contributed by atoms with E-state index in [4.69, 9.17) is 9.47 Å². The van der Waals surface area contributed by atoms with Crippen LogP contribution in [0, 0.1) is 5.82 Å². The van der Waals surface area contributed by atoms with Gasteiger partial charge in [0.2, 0.25) is 5.91 Å². The highest BCUT2D eigenvalue weighted by Crippen LogP contribution is 2.26. The Hall–Kier alpha value is -2.19. The van der Waals surface area contributed by atoms with Gasteiger partial charge in [0.1, 0.15) is 17.5 Å². The van der Waals surface area contributed by atoms with E-state index >= 15 is 0 Å². The molecule has 0 aliphatic carbocycles. The topological polar surface area (TPSA) is 71.1 Å². The molecule has 2 aliphatic rings. The van der Waals surface area contributed by atoms with E-state index in [0.29, 0.717) is 51.4 Å². The monoisotopic (exact) mass is 435 g/mol. The van der Waals surface area contributed by atoms with Gasteiger partial charge in [0.05, 0.1) is 13.2 Å². The molecule has 3 rings (SSSR count). The van der Waals surface area contributed by atoms with Crippen molar-refractivity contribution in [3.05, 3.63) is 35.6 Å². The zero-order valence-corrected chi connectivity index (χ0v) is 18.7. The quantitative estimate of drug-likeness (QED) is 0.744. The first-order valence-electron chi connectivity index (χ1n) is 11.1. The molecule has 0 unspecified atom stereocenters. The number of benzene rings is 1. The van der Waals surface area contributed by atoms with E-state index in [9.17, 15) is 14.0 Å². The fraction of sp³-hybridized carbons (Fsp3) is 0.652. The molecule has 0 radical (unpaired) electrons. The van der Waals surface area contributed by atoms with Gasteiger partial charge in [-0.05, 0) is 46.1 Å². The van der Waals surface area contributed by atoms with E-state index in [-0.39, 0.29) is 23.9 Å². The molecule has 2 heterocycles. The number of morpholine rings is 1. The van der Waals surface area contributed by atoms with E-state index in [1.54, 1.807) is 23.1 Å². The van der Waals surface area contributed by atoms with Crippen molar-refractivity contribution in [1.29, 1.82) is 0 Å². The third kappa shape index (κ3) is 6.40. The largest absolute Gasteiger partial charge is 0.444 e. The molecular weight excluding hydrogens is 401 g/mol. The Morgan fingerprint density at radius 1 is 1.23 bits per heavy atom. The van der Waals surface area contributed by atoms with Crippen LogP contribution in [0.1, 0.15) is 51.6 Å². The number of likely N-dealkylation sites (tertiary alicyclic amines) is 1. The lowest BCUT2D eigenvalue weighted by atomic mass is 10.0. The average Bonchev–Trinajstić information content (AvgIpc) is 3.18. The van der Waals surface area contributed by atoms with Crippen LogP contribution in [0.25, 0.3) is 0 Å². The van der Waals surface area contributed by atoms with Gasteiger partial charge >= 0.3 is 6.09 Å². The van der Waals surface area contributed by atoms with Crippen LogP contribution < -0.4 is 5.32 Å². The number of carbonyl (C=O) groups is 2. The van der Waals surface area contributed by atoms with Crippen molar-refractivity contribution in [3.63, 3.8) is 0 Å². The van der Waals surface area contributed by atoms with Crippen LogP contribution in [0.3, 0.4) is 0 Å². The molecule has 172 valence electrons. The third-order valence-electron chi connectivity index (χ3n) is 5.64. The standard InChI is InChI=1S/C23H34FN3O4/c1-23(2,3)31-22(29)27-12-6-7-17(27)10-11-25-21(28)20(26-13-15-30-16-14-26)18-8-4-5-9-19(18)24/h4-5,8-9,17,20H,6-7,10-16H2,1-3H3,(H,25,28)/t17-,20+/m1/s1. The van der Waals surface area contributed by atoms with Crippen LogP contribution in [0.4, 0.5) is 9.18 Å². The zero-order valence-electron chi connectivity index (χ0n) is 18.7. The molecule has 1 N–H and O–H groups in total. The summed E-state index contributed by atoms with van der Waals surface area (Å²) in [5.74, 6) is -0.616. The molecule has 8 heteroatoms. The van der Waals surface area contributed by atoms with Crippen LogP contribution in [0.15, 0.2) is 24.3 Å². The minimum absolute atomic E-state index is 0.0328. The van der Waals surface area contributed by atoms with Gasteiger partial charge in [-0.25, -0.2) is 9.18 Å². The predicted octanol–water partition coefficient (Wildman–Crippen LogP) is 3.10. The fourth-order valence-corrected chi connectivity index (χ4v) is 4.19. The summed E-state index contributed by atoms with van der Waals surface area (Å²) in [4.78, 5) is 29.3. The second-order valence-corrected chi connectivity index (χ2v) is 9.12. The van der Waals surface area contributed by atoms with Gasteiger partial charge in [-0.15, -0.1) is 0 Å². The van der Waals surface area contributed by atoms with E-state index < -0.39 is 11.6 Å². The summed E-state index contributed by atoms with van der Waals surface area (Å²) in [6.07, 6.45) is 2.13. The Balaban J connectivity index is 1.60. The molecule has 0 bridgehead atoms. The maximum atomic E-state index is 14.5. The van der Waals surface area contributed by atoms with Crippen LogP contribution in [0.2, 0.25) is 0 Å². The molecule has 0 saturated carbocycles. The number of ether oxygens (including phenoxy) is 2. The van der Waals surface area contributed by atoms with E-state index in [1.807, 2.05) is 25.7 Å². The highest BCUT2D eigenvalue weighted by Gasteiger charge is 2.33. The molecular formula is C23H34FN3O4. The summed E-state index contributed by atoms with van der Waals surface area (Å²) in [5.41, 5.74) is -0.165. The minimum atomic E-state index is -0.698. The number of hydrogen-bond acceptors (Lipinski definition) is 5. The van der Waals surface area contributed by atoms with Gasteiger partial charge < -0.3 is 19.7 Å². The molecule has 2 amide bonds. The number of halogens is 1. The summed E-state index contributed by atoms with van der Waals surface area (Å²) in [6.45, 7) is 8.82. The molecule has 2 saturated heterocycles. The normalized spacial score (nSPS) is 21.0. The van der Waals surface area contributed by atoms with Crippen molar-refractivity contribution in [2.75, 3.05) is 39.4 Å². The zero-order chi connectivity index (χ0) is 22.4. The van der Waals surface area contributed by atoms with Gasteiger partial charge in [-0.1, -0.05) is 18.2 Å². The summed E-state index contributed by atoms with van der Waals surface area (Å²) in [6, 6.07) is 5.75. The number of carbonyl (C=O) groups excluding carboxylic acids is 2. The third-order valence-corrected chi connectivity index (χ3v) is 5.64. The summed E-state index contributed by atoms with van der Waals surface area (Å²) >= 11 is 0. The minimum Gasteiger partial charge on any atom is -0.444 e. The van der Waals surface area contributed by atoms with Crippen molar-refractivity contribution in [2.45, 2.75) is 57.7 Å². The number of nitrogens with zero attached hydrogens (tertiary/aromatic N) is 2. The maximum Gasteiger partial charge on any atom is 0.410 e. The molecule has 0 aromatic heterocycles. The molecule has 2 aliphatic heterocycles. The summed E-state index contributed by atoms with van der Waals surface area (Å²) in [7, 11) is 0. The number of nitrogens with one attached hydrogen (secondary N) is 1.